The van der Waals surface area contributed by atoms with Gasteiger partial charge < -0.3 is 13.9 Å². The number of nitrogens with one attached hydrogen (secondary N) is 1. The smallest absolute Gasteiger partial charge is 0.148 e. The zero-order valence-corrected chi connectivity index (χ0v) is 24.8. The van der Waals surface area contributed by atoms with Gasteiger partial charge in [-0.3, -0.25) is 10.4 Å². The molecule has 0 saturated carbocycles. The fourth-order valence-electron chi connectivity index (χ4n) is 6.32. The molecule has 45 heavy (non-hydrogen) atoms. The van der Waals surface area contributed by atoms with Gasteiger partial charge in [0.05, 0.1) is 11.0 Å². The third-order valence-corrected chi connectivity index (χ3v) is 8.53. The van der Waals surface area contributed by atoms with Crippen LogP contribution in [0.25, 0.3) is 49.4 Å². The number of aliphatic imine (C=N–C) groups is 1. The molecule has 0 amide bonds. The number of fused-ring (bicyclic) bond motifs is 6. The summed E-state index contributed by atoms with van der Waals surface area (Å²) in [5.74, 6) is 0.405. The van der Waals surface area contributed by atoms with E-state index < -0.39 is 6.17 Å². The summed E-state index contributed by atoms with van der Waals surface area (Å²) in [6.45, 7) is 0. The Balaban J connectivity index is 1.30. The van der Waals surface area contributed by atoms with Gasteiger partial charge in [0.15, 0.2) is 0 Å². The minimum atomic E-state index is -0.421. The van der Waals surface area contributed by atoms with E-state index in [2.05, 4.69) is 77.4 Å². The molecule has 5 heteroatoms. The zero-order valence-electron chi connectivity index (χ0n) is 24.8. The summed E-state index contributed by atoms with van der Waals surface area (Å²) in [7, 11) is 1.94. The quantitative estimate of drug-likeness (QED) is 0.157. The van der Waals surface area contributed by atoms with E-state index in [1.54, 1.807) is 0 Å². The maximum absolute atomic E-state index is 9.07. The average Bonchev–Trinajstić information content (AvgIpc) is 3.62. The molecule has 1 N–H and O–H groups in total. The van der Waals surface area contributed by atoms with Crippen molar-refractivity contribution in [2.45, 2.75) is 6.17 Å². The van der Waals surface area contributed by atoms with Crippen LogP contribution in [0.1, 0.15) is 22.9 Å². The van der Waals surface area contributed by atoms with Gasteiger partial charge in [-0.1, -0.05) is 109 Å². The Morgan fingerprint density at radius 2 is 1.38 bits per heavy atom. The molecule has 1 atom stereocenters. The second-order valence-corrected chi connectivity index (χ2v) is 11.3. The molecule has 5 nitrogen and oxygen atoms in total. The summed E-state index contributed by atoms with van der Waals surface area (Å²) >= 11 is 0. The Kier molecular flexibility index (Phi) is 6.50. The van der Waals surface area contributed by atoms with Crippen molar-refractivity contribution in [1.29, 1.82) is 5.41 Å². The molecule has 2 aromatic heterocycles. The Bertz CT molecular complexity index is 2370. The van der Waals surface area contributed by atoms with Crippen LogP contribution in [0.5, 0.6) is 0 Å². The van der Waals surface area contributed by atoms with Crippen LogP contribution in [0.3, 0.4) is 0 Å². The number of furan rings is 1. The van der Waals surface area contributed by atoms with E-state index in [1.165, 1.54) is 5.39 Å². The van der Waals surface area contributed by atoms with Crippen LogP contribution >= 0.6 is 0 Å². The number of para-hydroxylation sites is 2. The fraction of sp³-hybridized carbons (Fsp3) is 0.0500. The molecule has 0 radical (unpaired) electrons. The first-order valence-electron chi connectivity index (χ1n) is 15.1. The molecule has 0 aliphatic rings. The first-order chi connectivity index (χ1) is 22.2. The van der Waals surface area contributed by atoms with Crippen LogP contribution in [0.2, 0.25) is 0 Å². The van der Waals surface area contributed by atoms with E-state index in [1.807, 2.05) is 91.0 Å². The highest BCUT2D eigenvalue weighted by molar-refractivity contribution is 6.17. The summed E-state index contributed by atoms with van der Waals surface area (Å²) in [6.07, 6.45) is 1.48. The summed E-state index contributed by atoms with van der Waals surface area (Å²) in [5, 5.41) is 13.6. The molecule has 0 saturated heterocycles. The van der Waals surface area contributed by atoms with Gasteiger partial charge in [0, 0.05) is 46.1 Å². The van der Waals surface area contributed by atoms with Crippen molar-refractivity contribution >= 4 is 55.8 Å². The Hall–Kier alpha value is -5.94. The van der Waals surface area contributed by atoms with E-state index in [9.17, 15) is 0 Å². The molecule has 0 fully saturated rings. The molecule has 6 aromatic carbocycles. The van der Waals surface area contributed by atoms with Crippen LogP contribution in [0, 0.1) is 5.41 Å². The van der Waals surface area contributed by atoms with E-state index >= 15 is 0 Å². The Morgan fingerprint density at radius 1 is 0.667 bits per heavy atom. The van der Waals surface area contributed by atoms with Gasteiger partial charge >= 0.3 is 0 Å². The van der Waals surface area contributed by atoms with Crippen molar-refractivity contribution < 1.29 is 4.42 Å². The second-order valence-electron chi connectivity index (χ2n) is 11.3. The largest absolute Gasteiger partial charge is 0.456 e. The predicted octanol–water partition coefficient (Wildman–Crippen LogP) is 9.76. The van der Waals surface area contributed by atoms with Crippen molar-refractivity contribution in [3.8, 4) is 5.69 Å². The Labute approximate surface area is 260 Å². The zero-order chi connectivity index (χ0) is 30.3. The highest BCUT2D eigenvalue weighted by Crippen LogP contribution is 2.38. The van der Waals surface area contributed by atoms with Gasteiger partial charge in [-0.05, 0) is 47.5 Å². The molecule has 2 heterocycles. The fourth-order valence-corrected chi connectivity index (χ4v) is 6.32. The molecule has 1 unspecified atom stereocenters. The lowest BCUT2D eigenvalue weighted by Gasteiger charge is -2.28. The van der Waals surface area contributed by atoms with Crippen LogP contribution in [0.15, 0.2) is 155 Å². The number of hydrogen-bond acceptors (Lipinski definition) is 3. The minimum Gasteiger partial charge on any atom is -0.456 e. The van der Waals surface area contributed by atoms with Crippen LogP contribution < -0.4 is 0 Å². The monoisotopic (exact) mass is 582 g/mol. The molecule has 8 rings (SSSR count). The lowest BCUT2D eigenvalue weighted by atomic mass is 10.1. The number of nitrogens with zero attached hydrogens (tertiary/aromatic N) is 3. The van der Waals surface area contributed by atoms with Gasteiger partial charge in [-0.25, -0.2) is 0 Å². The number of benzene rings is 6. The third kappa shape index (κ3) is 4.66. The number of hydrogen-bond donors (Lipinski definition) is 1. The normalized spacial score (nSPS) is 12.5. The lowest BCUT2D eigenvalue weighted by molar-refractivity contribution is 0.387. The minimum absolute atomic E-state index is 0.405. The van der Waals surface area contributed by atoms with Crippen molar-refractivity contribution in [2.24, 2.45) is 4.99 Å². The molecular formula is C40H30N4O. The third-order valence-electron chi connectivity index (χ3n) is 8.53. The van der Waals surface area contributed by atoms with Crippen molar-refractivity contribution in [2.75, 3.05) is 7.05 Å². The molecule has 0 aliphatic heterocycles. The molecular weight excluding hydrogens is 552 g/mol. The van der Waals surface area contributed by atoms with Crippen LogP contribution in [-0.2, 0) is 0 Å². The van der Waals surface area contributed by atoms with E-state index in [0.29, 0.717) is 5.84 Å². The summed E-state index contributed by atoms with van der Waals surface area (Å²) in [4.78, 5) is 7.00. The van der Waals surface area contributed by atoms with Crippen molar-refractivity contribution in [1.82, 2.24) is 9.47 Å². The first-order valence-corrected chi connectivity index (χ1v) is 15.1. The van der Waals surface area contributed by atoms with Gasteiger partial charge in [0.1, 0.15) is 23.2 Å². The summed E-state index contributed by atoms with van der Waals surface area (Å²) < 4.78 is 8.60. The van der Waals surface area contributed by atoms with Crippen LogP contribution in [-0.4, -0.2) is 28.6 Å². The van der Waals surface area contributed by atoms with Gasteiger partial charge in [0.2, 0.25) is 0 Å². The van der Waals surface area contributed by atoms with Gasteiger partial charge in [-0.15, -0.1) is 0 Å². The molecule has 0 bridgehead atoms. The maximum Gasteiger partial charge on any atom is 0.148 e. The average molecular weight is 583 g/mol. The van der Waals surface area contributed by atoms with E-state index in [-0.39, 0.29) is 0 Å². The molecule has 0 spiro atoms. The van der Waals surface area contributed by atoms with Crippen molar-refractivity contribution in [3.63, 3.8) is 0 Å². The Morgan fingerprint density at radius 3 is 2.20 bits per heavy atom. The number of amidine groups is 1. The lowest BCUT2D eigenvalue weighted by Crippen LogP contribution is -2.30. The standard InChI is InChI=1S/C40H30N4O/c1-43(39(41)28-15-6-3-7-16-28)40(42-26-27-13-4-2-5-14-27)29-17-12-18-30(23-29)44-35-21-10-8-19-31(35)33-25-38-34(24-36(33)44)32-20-9-11-22-37(32)45-38/h2-26,40-41H,1H3/b41-39?,42-26+. The van der Waals surface area contributed by atoms with Crippen LogP contribution in [0.4, 0.5) is 0 Å². The predicted molar refractivity (Wildman–Crippen MR) is 186 cm³/mol. The highest BCUT2D eigenvalue weighted by Gasteiger charge is 2.21. The van der Waals surface area contributed by atoms with Crippen molar-refractivity contribution in [3.05, 3.63) is 162 Å². The number of rotatable bonds is 6. The molecule has 8 aromatic rings. The SMILES string of the molecule is CN(C(=N)c1ccccc1)C(/N=C/c1ccccc1)c1cccc(-n2c3ccccc3c3cc4oc5ccccc5c4cc32)c1. The maximum atomic E-state index is 9.07. The topological polar surface area (TPSA) is 57.5 Å². The highest BCUT2D eigenvalue weighted by atomic mass is 16.3. The van der Waals surface area contributed by atoms with Gasteiger partial charge in [0.25, 0.3) is 0 Å². The molecule has 216 valence electrons. The molecule has 0 aliphatic carbocycles. The van der Waals surface area contributed by atoms with Gasteiger partial charge in [-0.2, -0.15) is 0 Å². The van der Waals surface area contributed by atoms with E-state index in [4.69, 9.17) is 14.8 Å². The first kappa shape index (κ1) is 26.7. The second kappa shape index (κ2) is 11.0. The number of aromatic nitrogens is 1. The van der Waals surface area contributed by atoms with E-state index in [0.717, 1.165) is 60.7 Å². The summed E-state index contributed by atoms with van der Waals surface area (Å²) in [6, 6.07) is 49.6. The summed E-state index contributed by atoms with van der Waals surface area (Å²) in [5.41, 5.74) is 7.89.